The van der Waals surface area contributed by atoms with E-state index >= 15 is 0 Å². The van der Waals surface area contributed by atoms with Crippen molar-refractivity contribution in [3.8, 4) is 5.75 Å². The van der Waals surface area contributed by atoms with Crippen LogP contribution in [0.5, 0.6) is 5.75 Å². The van der Waals surface area contributed by atoms with E-state index in [-0.39, 0.29) is 24.2 Å². The van der Waals surface area contributed by atoms with Crippen molar-refractivity contribution in [3.05, 3.63) is 96.1 Å². The summed E-state index contributed by atoms with van der Waals surface area (Å²) in [6.07, 6.45) is 0. The Kier molecular flexibility index (Phi) is 8.37. The first-order chi connectivity index (χ1) is 19.0. The van der Waals surface area contributed by atoms with Gasteiger partial charge in [0.25, 0.3) is 17.0 Å². The molecule has 39 heavy (non-hydrogen) atoms. The number of benzene rings is 3. The molecule has 0 radical (unpaired) electrons. The van der Waals surface area contributed by atoms with Gasteiger partial charge in [-0.3, -0.25) is 9.59 Å². The van der Waals surface area contributed by atoms with Gasteiger partial charge in [0.1, 0.15) is 11.6 Å². The van der Waals surface area contributed by atoms with Gasteiger partial charge in [0.15, 0.2) is 6.61 Å². The third-order valence-corrected chi connectivity index (χ3v) is 6.85. The summed E-state index contributed by atoms with van der Waals surface area (Å²) in [5.74, 6) is 0.369. The summed E-state index contributed by atoms with van der Waals surface area (Å²) < 4.78 is 24.6. The van der Waals surface area contributed by atoms with Crippen molar-refractivity contribution in [1.82, 2.24) is 15.1 Å². The summed E-state index contributed by atoms with van der Waals surface area (Å²) in [6, 6.07) is 22.6. The van der Waals surface area contributed by atoms with E-state index in [1.54, 1.807) is 17.0 Å². The van der Waals surface area contributed by atoms with E-state index < -0.39 is 5.82 Å². The van der Waals surface area contributed by atoms with E-state index in [1.807, 2.05) is 54.6 Å². The summed E-state index contributed by atoms with van der Waals surface area (Å²) >= 11 is 1.15. The number of carbonyl (C=O) groups is 2. The first-order valence-electron chi connectivity index (χ1n) is 12.4. The molecular weight excluding hydrogens is 521 g/mol. The van der Waals surface area contributed by atoms with Gasteiger partial charge in [0, 0.05) is 43.1 Å². The Morgan fingerprint density at radius 1 is 0.949 bits per heavy atom. The van der Waals surface area contributed by atoms with Gasteiger partial charge in [-0.05, 0) is 54.6 Å². The molecule has 3 aromatic carbocycles. The number of ether oxygens (including phenoxy) is 1. The molecule has 1 aromatic heterocycles. The first kappa shape index (κ1) is 26.2. The molecule has 0 unspecified atom stereocenters. The number of thioether (sulfide) groups is 1. The highest BCUT2D eigenvalue weighted by molar-refractivity contribution is 7.99. The van der Waals surface area contributed by atoms with Crippen molar-refractivity contribution in [3.63, 3.8) is 0 Å². The number of nitrogens with one attached hydrogen (secondary N) is 1. The smallest absolute Gasteiger partial charge is 0.277 e. The normalized spacial score (nSPS) is 13.3. The lowest BCUT2D eigenvalue weighted by Gasteiger charge is -2.36. The van der Waals surface area contributed by atoms with Gasteiger partial charge in [0.05, 0.1) is 5.75 Å². The quantitative estimate of drug-likeness (QED) is 0.306. The van der Waals surface area contributed by atoms with E-state index in [9.17, 15) is 14.0 Å². The second kappa shape index (κ2) is 12.4. The maximum absolute atomic E-state index is 13.5. The molecule has 9 nitrogen and oxygen atoms in total. The molecule has 200 valence electrons. The van der Waals surface area contributed by atoms with Crippen molar-refractivity contribution < 1.29 is 23.1 Å². The van der Waals surface area contributed by atoms with Crippen LogP contribution in [-0.4, -0.2) is 58.8 Å². The molecule has 11 heteroatoms. The van der Waals surface area contributed by atoms with Crippen LogP contribution in [0.2, 0.25) is 0 Å². The fraction of sp³-hybridized carbons (Fsp3) is 0.214. The Bertz CT molecular complexity index is 1410. The first-order valence-corrected chi connectivity index (χ1v) is 13.3. The third kappa shape index (κ3) is 7.14. The topological polar surface area (TPSA) is 101 Å². The molecule has 1 aliphatic heterocycles. The predicted molar refractivity (Wildman–Crippen MR) is 145 cm³/mol. The average molecular weight is 548 g/mol. The minimum absolute atomic E-state index is 0.115. The number of carbonyl (C=O) groups excluding carboxylic acids is 2. The minimum Gasteiger partial charge on any atom is -0.484 e. The number of amides is 2. The van der Waals surface area contributed by atoms with Crippen molar-refractivity contribution in [1.29, 1.82) is 0 Å². The molecule has 0 atom stereocenters. The van der Waals surface area contributed by atoms with Crippen LogP contribution in [-0.2, 0) is 11.4 Å². The molecule has 4 aromatic rings. The third-order valence-electron chi connectivity index (χ3n) is 6.04. The van der Waals surface area contributed by atoms with Crippen LogP contribution in [0.15, 0.2) is 88.5 Å². The van der Waals surface area contributed by atoms with Crippen LogP contribution in [0, 0.1) is 5.82 Å². The SMILES string of the molecule is O=C(CSc1nnc(COc2ccccc2)o1)Nc1ccc(N2CCN(C(=O)c3cccc(F)c3)CC2)cc1. The Morgan fingerprint density at radius 3 is 2.46 bits per heavy atom. The number of hydrogen-bond acceptors (Lipinski definition) is 8. The lowest BCUT2D eigenvalue weighted by molar-refractivity contribution is -0.113. The summed E-state index contributed by atoms with van der Waals surface area (Å²) in [7, 11) is 0. The van der Waals surface area contributed by atoms with E-state index in [1.165, 1.54) is 12.1 Å². The maximum Gasteiger partial charge on any atom is 0.277 e. The second-order valence-electron chi connectivity index (χ2n) is 8.74. The van der Waals surface area contributed by atoms with Crippen molar-refractivity contribution in [2.24, 2.45) is 0 Å². The Balaban J connectivity index is 1.05. The molecule has 1 N–H and O–H groups in total. The maximum atomic E-state index is 13.5. The lowest BCUT2D eigenvalue weighted by atomic mass is 10.1. The number of para-hydroxylation sites is 1. The molecule has 1 saturated heterocycles. The number of aromatic nitrogens is 2. The van der Waals surface area contributed by atoms with Crippen LogP contribution < -0.4 is 15.0 Å². The minimum atomic E-state index is -0.418. The predicted octanol–water partition coefficient (Wildman–Crippen LogP) is 4.48. The Morgan fingerprint density at radius 2 is 1.72 bits per heavy atom. The van der Waals surface area contributed by atoms with Crippen LogP contribution in [0.1, 0.15) is 16.2 Å². The Labute approximate surface area is 229 Å². The summed E-state index contributed by atoms with van der Waals surface area (Å²) in [5.41, 5.74) is 2.03. The van der Waals surface area contributed by atoms with Crippen LogP contribution in [0.4, 0.5) is 15.8 Å². The van der Waals surface area contributed by atoms with Crippen molar-refractivity contribution in [2.45, 2.75) is 11.8 Å². The largest absolute Gasteiger partial charge is 0.484 e. The monoisotopic (exact) mass is 547 g/mol. The van der Waals surface area contributed by atoms with E-state index in [0.717, 1.165) is 17.4 Å². The molecule has 0 spiro atoms. The fourth-order valence-electron chi connectivity index (χ4n) is 4.07. The highest BCUT2D eigenvalue weighted by atomic mass is 32.2. The zero-order valence-corrected chi connectivity index (χ0v) is 21.8. The molecule has 2 amide bonds. The molecule has 0 saturated carbocycles. The standard InChI is InChI=1S/C28H26FN5O4S/c29-21-6-4-5-20(17-21)27(36)34-15-13-33(14-16-34)23-11-9-22(10-12-23)30-25(35)19-39-28-32-31-26(38-28)18-37-24-7-2-1-3-8-24/h1-12,17H,13-16,18-19H2,(H,30,35). The highest BCUT2D eigenvalue weighted by Crippen LogP contribution is 2.22. The number of piperazine rings is 1. The second-order valence-corrected chi connectivity index (χ2v) is 9.66. The highest BCUT2D eigenvalue weighted by Gasteiger charge is 2.22. The van der Waals surface area contributed by atoms with Crippen molar-refractivity contribution in [2.75, 3.05) is 42.1 Å². The lowest BCUT2D eigenvalue weighted by Crippen LogP contribution is -2.48. The molecule has 2 heterocycles. The summed E-state index contributed by atoms with van der Waals surface area (Å²) in [5, 5.41) is 11.1. The molecule has 1 fully saturated rings. The number of hydrogen-bond donors (Lipinski definition) is 1. The average Bonchev–Trinajstić information content (AvgIpc) is 3.44. The van der Waals surface area contributed by atoms with Gasteiger partial charge in [-0.1, -0.05) is 36.0 Å². The summed E-state index contributed by atoms with van der Waals surface area (Å²) in [6.45, 7) is 2.55. The fourth-order valence-corrected chi connectivity index (χ4v) is 4.65. The van der Waals surface area contributed by atoms with Crippen LogP contribution >= 0.6 is 11.8 Å². The van der Waals surface area contributed by atoms with Crippen molar-refractivity contribution >= 4 is 35.0 Å². The van der Waals surface area contributed by atoms with E-state index in [0.29, 0.717) is 54.3 Å². The zero-order valence-electron chi connectivity index (χ0n) is 21.0. The number of rotatable bonds is 9. The Hall–Kier alpha value is -4.38. The van der Waals surface area contributed by atoms with E-state index in [4.69, 9.17) is 9.15 Å². The van der Waals surface area contributed by atoms with E-state index in [2.05, 4.69) is 20.4 Å². The molecule has 0 bridgehead atoms. The number of nitrogens with zero attached hydrogens (tertiary/aromatic N) is 4. The number of anilines is 2. The molecule has 0 aliphatic carbocycles. The van der Waals surface area contributed by atoms with Gasteiger partial charge in [0.2, 0.25) is 5.91 Å². The molecule has 1 aliphatic rings. The van der Waals surface area contributed by atoms with Gasteiger partial charge in [-0.15, -0.1) is 10.2 Å². The zero-order chi connectivity index (χ0) is 27.0. The van der Waals surface area contributed by atoms with Gasteiger partial charge in [-0.25, -0.2) is 4.39 Å². The van der Waals surface area contributed by atoms with Gasteiger partial charge in [-0.2, -0.15) is 0 Å². The number of halogens is 1. The molecular formula is C28H26FN5O4S. The van der Waals surface area contributed by atoms with Gasteiger partial charge >= 0.3 is 0 Å². The van der Waals surface area contributed by atoms with Gasteiger partial charge < -0.3 is 24.3 Å². The van der Waals surface area contributed by atoms with Crippen LogP contribution in [0.3, 0.4) is 0 Å². The summed E-state index contributed by atoms with van der Waals surface area (Å²) in [4.78, 5) is 29.0. The molecule has 5 rings (SSSR count). The van der Waals surface area contributed by atoms with Crippen LogP contribution in [0.25, 0.3) is 0 Å².